The predicted molar refractivity (Wildman–Crippen MR) is 95.7 cm³/mol. The normalized spacial score (nSPS) is 10.0. The van der Waals surface area contributed by atoms with Gasteiger partial charge in [0.05, 0.1) is 19.8 Å². The van der Waals surface area contributed by atoms with Gasteiger partial charge in [0.1, 0.15) is 11.5 Å². The van der Waals surface area contributed by atoms with E-state index in [9.17, 15) is 9.59 Å². The Labute approximate surface area is 151 Å². The average Bonchev–Trinajstić information content (AvgIpc) is 2.64. The second-order valence-electron chi connectivity index (χ2n) is 5.08. The minimum atomic E-state index is -0.321. The number of halogens is 1. The number of carbonyl (C=O) groups excluding carboxylic acids is 2. The van der Waals surface area contributed by atoms with Gasteiger partial charge >= 0.3 is 0 Å². The molecule has 0 unspecified atom stereocenters. The van der Waals surface area contributed by atoms with Crippen LogP contribution in [0.4, 0.5) is 0 Å². The van der Waals surface area contributed by atoms with Crippen LogP contribution in [0.1, 0.15) is 20.7 Å². The summed E-state index contributed by atoms with van der Waals surface area (Å²) in [4.78, 5) is 24.2. The summed E-state index contributed by atoms with van der Waals surface area (Å²) in [6, 6.07) is 11.6. The van der Waals surface area contributed by atoms with Crippen LogP contribution in [0.25, 0.3) is 0 Å². The van der Waals surface area contributed by atoms with Gasteiger partial charge in [0.15, 0.2) is 0 Å². The van der Waals surface area contributed by atoms with Gasteiger partial charge in [-0.15, -0.1) is 0 Å². The molecule has 0 saturated carbocycles. The molecule has 6 nitrogen and oxygen atoms in total. The van der Waals surface area contributed by atoms with Crippen molar-refractivity contribution in [2.24, 2.45) is 0 Å². The Morgan fingerprint density at radius 3 is 2.16 bits per heavy atom. The van der Waals surface area contributed by atoms with E-state index < -0.39 is 0 Å². The van der Waals surface area contributed by atoms with Crippen molar-refractivity contribution in [3.8, 4) is 11.5 Å². The summed E-state index contributed by atoms with van der Waals surface area (Å²) < 4.78 is 10.2. The standard InChI is InChI=1S/C18H19ClN2O4/c1-24-14-6-3-12(4-7-14)17(22)20-9-10-21-18(23)15-11-13(19)5-8-16(15)25-2/h3-8,11H,9-10H2,1-2H3,(H,20,22)(H,21,23). The molecule has 2 aromatic carbocycles. The van der Waals surface area contributed by atoms with Gasteiger partial charge in [-0.1, -0.05) is 11.6 Å². The maximum Gasteiger partial charge on any atom is 0.255 e. The van der Waals surface area contributed by atoms with Crippen LogP contribution in [0.15, 0.2) is 42.5 Å². The summed E-state index contributed by atoms with van der Waals surface area (Å²) >= 11 is 5.91. The fourth-order valence-electron chi connectivity index (χ4n) is 2.15. The largest absolute Gasteiger partial charge is 0.497 e. The Hall–Kier alpha value is -2.73. The molecule has 0 fully saturated rings. The Balaban J connectivity index is 1.83. The Morgan fingerprint density at radius 2 is 1.56 bits per heavy atom. The lowest BCUT2D eigenvalue weighted by molar-refractivity contribution is 0.0926. The van der Waals surface area contributed by atoms with Crippen molar-refractivity contribution in [3.05, 3.63) is 58.6 Å². The first-order valence-electron chi connectivity index (χ1n) is 7.59. The summed E-state index contributed by atoms with van der Waals surface area (Å²) in [6.07, 6.45) is 0. The van der Waals surface area contributed by atoms with Crippen LogP contribution in [0.3, 0.4) is 0 Å². The zero-order chi connectivity index (χ0) is 18.2. The summed E-state index contributed by atoms with van der Waals surface area (Å²) in [7, 11) is 3.04. The quantitative estimate of drug-likeness (QED) is 0.742. The third-order valence-corrected chi connectivity index (χ3v) is 3.69. The van der Waals surface area contributed by atoms with Crippen LogP contribution in [0.2, 0.25) is 5.02 Å². The number of hydrogen-bond donors (Lipinski definition) is 2. The molecule has 2 N–H and O–H groups in total. The van der Waals surface area contributed by atoms with Crippen molar-refractivity contribution in [1.29, 1.82) is 0 Å². The monoisotopic (exact) mass is 362 g/mol. The highest BCUT2D eigenvalue weighted by Gasteiger charge is 2.12. The van der Waals surface area contributed by atoms with Crippen molar-refractivity contribution in [2.45, 2.75) is 0 Å². The summed E-state index contributed by atoms with van der Waals surface area (Å²) in [5.74, 6) is 0.568. The van der Waals surface area contributed by atoms with Gasteiger partial charge in [-0.05, 0) is 42.5 Å². The molecule has 7 heteroatoms. The first-order chi connectivity index (χ1) is 12.0. The van der Waals surface area contributed by atoms with Gasteiger partial charge in [-0.25, -0.2) is 0 Å². The van der Waals surface area contributed by atoms with Crippen LogP contribution < -0.4 is 20.1 Å². The van der Waals surface area contributed by atoms with Gasteiger partial charge in [0.25, 0.3) is 11.8 Å². The summed E-state index contributed by atoms with van der Waals surface area (Å²) in [6.45, 7) is 0.565. The van der Waals surface area contributed by atoms with Crippen molar-refractivity contribution >= 4 is 23.4 Å². The Bertz CT molecular complexity index is 747. The molecular formula is C18H19ClN2O4. The zero-order valence-electron chi connectivity index (χ0n) is 14.0. The molecule has 0 bridgehead atoms. The van der Waals surface area contributed by atoms with Crippen LogP contribution >= 0.6 is 11.6 Å². The van der Waals surface area contributed by atoms with Crippen LogP contribution in [-0.4, -0.2) is 39.1 Å². The van der Waals surface area contributed by atoms with Gasteiger partial charge < -0.3 is 20.1 Å². The maximum atomic E-state index is 12.2. The van der Waals surface area contributed by atoms with E-state index in [0.29, 0.717) is 34.2 Å². The number of nitrogens with one attached hydrogen (secondary N) is 2. The Kier molecular flexibility index (Phi) is 6.65. The van der Waals surface area contributed by atoms with Crippen molar-refractivity contribution in [2.75, 3.05) is 27.3 Å². The van der Waals surface area contributed by atoms with Gasteiger partial charge in [0.2, 0.25) is 0 Å². The molecule has 25 heavy (non-hydrogen) atoms. The molecule has 2 aromatic rings. The first kappa shape index (κ1) is 18.6. The number of carbonyl (C=O) groups is 2. The highest BCUT2D eigenvalue weighted by atomic mass is 35.5. The van der Waals surface area contributed by atoms with E-state index in [1.807, 2.05) is 0 Å². The molecule has 132 valence electrons. The molecule has 0 aromatic heterocycles. The lowest BCUT2D eigenvalue weighted by Gasteiger charge is -2.10. The van der Waals surface area contributed by atoms with E-state index in [4.69, 9.17) is 21.1 Å². The minimum Gasteiger partial charge on any atom is -0.497 e. The Morgan fingerprint density at radius 1 is 0.920 bits per heavy atom. The van der Waals surface area contributed by atoms with Crippen molar-refractivity contribution in [3.63, 3.8) is 0 Å². The van der Waals surface area contributed by atoms with Crippen molar-refractivity contribution < 1.29 is 19.1 Å². The molecule has 0 saturated heterocycles. The molecular weight excluding hydrogens is 344 g/mol. The highest BCUT2D eigenvalue weighted by molar-refractivity contribution is 6.31. The maximum absolute atomic E-state index is 12.2. The van der Waals surface area contributed by atoms with Gasteiger partial charge in [0, 0.05) is 23.7 Å². The topological polar surface area (TPSA) is 76.7 Å². The lowest BCUT2D eigenvalue weighted by Crippen LogP contribution is -2.34. The number of hydrogen-bond acceptors (Lipinski definition) is 4. The molecule has 0 aliphatic carbocycles. The van der Waals surface area contributed by atoms with E-state index in [2.05, 4.69) is 10.6 Å². The van der Waals surface area contributed by atoms with E-state index in [1.165, 1.54) is 13.2 Å². The second kappa shape index (κ2) is 8.94. The van der Waals surface area contributed by atoms with Crippen LogP contribution in [0, 0.1) is 0 Å². The number of methoxy groups -OCH3 is 2. The van der Waals surface area contributed by atoms with Gasteiger partial charge in [-0.3, -0.25) is 9.59 Å². The van der Waals surface area contributed by atoms with Crippen molar-refractivity contribution in [1.82, 2.24) is 10.6 Å². The predicted octanol–water partition coefficient (Wildman–Crippen LogP) is 2.52. The fraction of sp³-hybridized carbons (Fsp3) is 0.222. The number of benzene rings is 2. The SMILES string of the molecule is COc1ccc(C(=O)NCCNC(=O)c2cc(Cl)ccc2OC)cc1. The smallest absolute Gasteiger partial charge is 0.255 e. The number of ether oxygens (including phenoxy) is 2. The van der Waals surface area contributed by atoms with E-state index >= 15 is 0 Å². The zero-order valence-corrected chi connectivity index (χ0v) is 14.7. The third-order valence-electron chi connectivity index (χ3n) is 3.45. The molecule has 0 radical (unpaired) electrons. The molecule has 0 aliphatic heterocycles. The summed E-state index contributed by atoms with van der Waals surface area (Å²) in [5.41, 5.74) is 0.861. The fourth-order valence-corrected chi connectivity index (χ4v) is 2.32. The molecule has 0 aliphatic rings. The van der Waals surface area contributed by atoms with E-state index in [0.717, 1.165) is 0 Å². The van der Waals surface area contributed by atoms with Gasteiger partial charge in [-0.2, -0.15) is 0 Å². The molecule has 2 rings (SSSR count). The number of amides is 2. The second-order valence-corrected chi connectivity index (χ2v) is 5.52. The van der Waals surface area contributed by atoms with Crippen LogP contribution in [-0.2, 0) is 0 Å². The minimum absolute atomic E-state index is 0.225. The van der Waals surface area contributed by atoms with E-state index in [-0.39, 0.29) is 18.4 Å². The van der Waals surface area contributed by atoms with E-state index in [1.54, 1.807) is 43.5 Å². The number of rotatable bonds is 7. The van der Waals surface area contributed by atoms with Crippen LogP contribution in [0.5, 0.6) is 11.5 Å². The molecule has 2 amide bonds. The molecule has 0 atom stereocenters. The lowest BCUT2D eigenvalue weighted by atomic mass is 10.2. The average molecular weight is 363 g/mol. The molecule has 0 heterocycles. The third kappa shape index (κ3) is 5.12. The summed E-state index contributed by atoms with van der Waals surface area (Å²) in [5, 5.41) is 5.89. The molecule has 0 spiro atoms. The first-order valence-corrected chi connectivity index (χ1v) is 7.97. The highest BCUT2D eigenvalue weighted by Crippen LogP contribution is 2.22.